The van der Waals surface area contributed by atoms with Crippen LogP contribution in [0.5, 0.6) is 0 Å². The van der Waals surface area contributed by atoms with Crippen molar-refractivity contribution in [3.05, 3.63) is 78.1 Å². The lowest BCUT2D eigenvalue weighted by Gasteiger charge is -2.38. The first-order valence-corrected chi connectivity index (χ1v) is 12.9. The second-order valence-electron chi connectivity index (χ2n) is 9.10. The second-order valence-corrected chi connectivity index (χ2v) is 11.2. The van der Waals surface area contributed by atoms with Gasteiger partial charge in [0.25, 0.3) is 0 Å². The number of aromatic nitrogens is 3. The summed E-state index contributed by atoms with van der Waals surface area (Å²) in [7, 11) is -3.59. The van der Waals surface area contributed by atoms with Crippen LogP contribution >= 0.6 is 0 Å². The Labute approximate surface area is 193 Å². The molecule has 0 bridgehead atoms. The molecule has 7 nitrogen and oxygen atoms in total. The molecule has 33 heavy (non-hydrogen) atoms. The van der Waals surface area contributed by atoms with Crippen molar-refractivity contribution < 1.29 is 12.8 Å². The first-order valence-electron chi connectivity index (χ1n) is 11.4. The Balaban J connectivity index is 1.27. The summed E-state index contributed by atoms with van der Waals surface area (Å²) in [5, 5.41) is 10.5. The molecule has 1 aliphatic heterocycles. The van der Waals surface area contributed by atoms with Crippen molar-refractivity contribution in [2.24, 2.45) is 0 Å². The van der Waals surface area contributed by atoms with Crippen molar-refractivity contribution >= 4 is 15.7 Å². The number of nitrogens with zero attached hydrogens (tertiary/aromatic N) is 4. The summed E-state index contributed by atoms with van der Waals surface area (Å²) in [4.78, 5) is 0. The molecule has 5 rings (SSSR count). The molecule has 2 atom stereocenters. The molecule has 1 aliphatic carbocycles. The van der Waals surface area contributed by atoms with E-state index in [-0.39, 0.29) is 24.4 Å². The van der Waals surface area contributed by atoms with Crippen molar-refractivity contribution in [1.82, 2.24) is 19.1 Å². The monoisotopic (exact) mass is 469 g/mol. The van der Waals surface area contributed by atoms with Gasteiger partial charge in [0.2, 0.25) is 10.0 Å². The van der Waals surface area contributed by atoms with E-state index < -0.39 is 15.3 Å². The van der Waals surface area contributed by atoms with E-state index in [1.54, 1.807) is 18.7 Å². The lowest BCUT2D eigenvalue weighted by Crippen LogP contribution is -2.44. The van der Waals surface area contributed by atoms with Crippen LogP contribution in [0.1, 0.15) is 55.0 Å². The van der Waals surface area contributed by atoms with E-state index in [0.29, 0.717) is 23.7 Å². The highest BCUT2D eigenvalue weighted by molar-refractivity contribution is 7.89. The van der Waals surface area contributed by atoms with Gasteiger partial charge in [0.15, 0.2) is 0 Å². The molecular formula is C24H28FN5O2S. The summed E-state index contributed by atoms with van der Waals surface area (Å²) in [5.74, 6) is -0.390. The van der Waals surface area contributed by atoms with Crippen molar-refractivity contribution in [2.75, 3.05) is 5.32 Å². The highest BCUT2D eigenvalue weighted by atomic mass is 32.2. The molecule has 1 unspecified atom stereocenters. The van der Waals surface area contributed by atoms with Gasteiger partial charge in [-0.05, 0) is 50.3 Å². The average molecular weight is 470 g/mol. The third-order valence-electron chi connectivity index (χ3n) is 6.92. The zero-order chi connectivity index (χ0) is 23.0. The Kier molecular flexibility index (Phi) is 5.92. The Morgan fingerprint density at radius 2 is 1.79 bits per heavy atom. The van der Waals surface area contributed by atoms with Gasteiger partial charge in [-0.25, -0.2) is 12.8 Å². The molecule has 2 aromatic carbocycles. The number of hydrogen-bond donors (Lipinski definition) is 1. The van der Waals surface area contributed by atoms with Crippen LogP contribution in [0.4, 0.5) is 10.1 Å². The van der Waals surface area contributed by atoms with Crippen molar-refractivity contribution in [1.29, 1.82) is 0 Å². The summed E-state index contributed by atoms with van der Waals surface area (Å²) >= 11 is 0. The highest BCUT2D eigenvalue weighted by Gasteiger charge is 2.40. The van der Waals surface area contributed by atoms with Crippen LogP contribution in [0.15, 0.2) is 61.2 Å². The molecular weight excluding hydrogens is 441 g/mol. The molecule has 1 saturated carbocycles. The first-order chi connectivity index (χ1) is 15.9. The van der Waals surface area contributed by atoms with Gasteiger partial charge in [-0.1, -0.05) is 36.4 Å². The van der Waals surface area contributed by atoms with Crippen LogP contribution in [0.3, 0.4) is 0 Å². The number of benzene rings is 2. The molecule has 2 fully saturated rings. The predicted molar refractivity (Wildman–Crippen MR) is 124 cm³/mol. The molecule has 1 N–H and O–H groups in total. The lowest BCUT2D eigenvalue weighted by molar-refractivity contribution is 0.279. The SMILES string of the molecule is C[C@H]1CCC(c2ccccc2)S(=O)(=O)N1Cc1ccc(N[C@H]2C[C@H](n3cnnc3)C2)cc1F. The third kappa shape index (κ3) is 4.39. The summed E-state index contributed by atoms with van der Waals surface area (Å²) in [6, 6.07) is 14.8. The van der Waals surface area contributed by atoms with E-state index in [2.05, 4.69) is 15.5 Å². The summed E-state index contributed by atoms with van der Waals surface area (Å²) < 4.78 is 45.3. The Morgan fingerprint density at radius 3 is 2.48 bits per heavy atom. The van der Waals surface area contributed by atoms with Gasteiger partial charge >= 0.3 is 0 Å². The summed E-state index contributed by atoms with van der Waals surface area (Å²) in [6.07, 6.45) is 6.60. The quantitative estimate of drug-likeness (QED) is 0.583. The van der Waals surface area contributed by atoms with E-state index in [4.69, 9.17) is 0 Å². The number of sulfonamides is 1. The number of nitrogens with one attached hydrogen (secondary N) is 1. The number of anilines is 1. The van der Waals surface area contributed by atoms with Gasteiger partial charge in [0, 0.05) is 35.9 Å². The van der Waals surface area contributed by atoms with E-state index in [0.717, 1.165) is 24.8 Å². The van der Waals surface area contributed by atoms with Gasteiger partial charge in [0.05, 0.1) is 0 Å². The van der Waals surface area contributed by atoms with Crippen molar-refractivity contribution in [3.8, 4) is 0 Å². The van der Waals surface area contributed by atoms with E-state index in [1.807, 2.05) is 47.9 Å². The maximum Gasteiger partial charge on any atom is 0.221 e. The molecule has 3 aromatic rings. The molecule has 0 spiro atoms. The molecule has 9 heteroatoms. The summed E-state index contributed by atoms with van der Waals surface area (Å²) in [6.45, 7) is 1.94. The van der Waals surface area contributed by atoms with E-state index in [9.17, 15) is 12.8 Å². The fourth-order valence-electron chi connectivity index (χ4n) is 4.87. The fourth-order valence-corrected chi connectivity index (χ4v) is 7.06. The van der Waals surface area contributed by atoms with Crippen LogP contribution in [0, 0.1) is 5.82 Å². The Morgan fingerprint density at radius 1 is 1.06 bits per heavy atom. The van der Waals surface area contributed by atoms with Gasteiger partial charge in [-0.3, -0.25) is 0 Å². The smallest absolute Gasteiger partial charge is 0.221 e. The number of halogens is 1. The minimum absolute atomic E-state index is 0.0398. The van der Waals surface area contributed by atoms with Gasteiger partial charge < -0.3 is 9.88 Å². The second kappa shape index (κ2) is 8.87. The minimum atomic E-state index is -3.59. The first kappa shape index (κ1) is 22.0. The van der Waals surface area contributed by atoms with Gasteiger partial charge in [-0.15, -0.1) is 10.2 Å². The van der Waals surface area contributed by atoms with Gasteiger partial charge in [-0.2, -0.15) is 4.31 Å². The molecule has 1 saturated heterocycles. The standard InChI is InChI=1S/C24H28FN5O2S/c1-17-7-10-24(18-5-3-2-4-6-18)33(31,32)30(17)14-19-8-9-20(13-23(19)25)28-21-11-22(12-21)29-15-26-27-16-29/h2-6,8-9,13,15-17,21-22,24,28H,7,10-12,14H2,1H3/t17-,21-,22-,24?/m0/s1. The van der Waals surface area contributed by atoms with Gasteiger partial charge in [0.1, 0.15) is 23.7 Å². The normalized spacial score (nSPS) is 27.1. The molecule has 2 heterocycles. The number of hydrogen-bond acceptors (Lipinski definition) is 5. The van der Waals surface area contributed by atoms with Crippen LogP contribution in [-0.2, 0) is 16.6 Å². The maximum atomic E-state index is 15.0. The maximum absolute atomic E-state index is 15.0. The zero-order valence-corrected chi connectivity index (χ0v) is 19.3. The lowest BCUT2D eigenvalue weighted by atomic mass is 9.86. The molecule has 0 radical (unpaired) electrons. The van der Waals surface area contributed by atoms with Crippen molar-refractivity contribution in [3.63, 3.8) is 0 Å². The molecule has 0 amide bonds. The van der Waals surface area contributed by atoms with Crippen LogP contribution in [-0.4, -0.2) is 39.6 Å². The fraction of sp³-hybridized carbons (Fsp3) is 0.417. The highest BCUT2D eigenvalue weighted by Crippen LogP contribution is 2.38. The zero-order valence-electron chi connectivity index (χ0n) is 18.5. The molecule has 174 valence electrons. The minimum Gasteiger partial charge on any atom is -0.382 e. The predicted octanol–water partition coefficient (Wildman–Crippen LogP) is 4.29. The largest absolute Gasteiger partial charge is 0.382 e. The van der Waals surface area contributed by atoms with Crippen LogP contribution in [0.2, 0.25) is 0 Å². The van der Waals surface area contributed by atoms with E-state index in [1.165, 1.54) is 10.4 Å². The molecule has 1 aromatic heterocycles. The number of rotatable bonds is 6. The topological polar surface area (TPSA) is 80.1 Å². The van der Waals surface area contributed by atoms with Crippen LogP contribution < -0.4 is 5.32 Å². The van der Waals surface area contributed by atoms with Crippen molar-refractivity contribution in [2.45, 2.75) is 62.5 Å². The molecule has 2 aliphatic rings. The Bertz CT molecular complexity index is 1200. The third-order valence-corrected chi connectivity index (χ3v) is 9.29. The average Bonchev–Trinajstić information content (AvgIpc) is 3.29. The van der Waals surface area contributed by atoms with E-state index >= 15 is 0 Å². The Hall–Kier alpha value is -2.78. The summed E-state index contributed by atoms with van der Waals surface area (Å²) in [5.41, 5.74) is 1.89. The van der Waals surface area contributed by atoms with Crippen LogP contribution in [0.25, 0.3) is 0 Å².